The number of halogens is 1. The topological polar surface area (TPSA) is 92.2 Å². The van der Waals surface area contributed by atoms with Gasteiger partial charge >= 0.3 is 11.3 Å². The lowest BCUT2D eigenvalue weighted by atomic mass is 10.2. The molecule has 0 spiro atoms. The molecule has 6 heteroatoms. The minimum atomic E-state index is -0.253. The molecule has 3 rings (SSSR count). The van der Waals surface area contributed by atoms with E-state index in [-0.39, 0.29) is 35.4 Å². The highest BCUT2D eigenvalue weighted by Crippen LogP contribution is 2.35. The minimum absolute atomic E-state index is 0. The summed E-state index contributed by atoms with van der Waals surface area (Å²) in [7, 11) is 0. The lowest BCUT2D eigenvalue weighted by Crippen LogP contribution is -3.00. The first kappa shape index (κ1) is 14.7. The third-order valence-electron chi connectivity index (χ3n) is 2.99. The van der Waals surface area contributed by atoms with Gasteiger partial charge in [-0.3, -0.25) is 0 Å². The third-order valence-corrected chi connectivity index (χ3v) is 2.99. The van der Waals surface area contributed by atoms with Crippen LogP contribution in [0.4, 0.5) is 0 Å². The van der Waals surface area contributed by atoms with Gasteiger partial charge in [0.2, 0.25) is 0 Å². The van der Waals surface area contributed by atoms with E-state index in [4.69, 9.17) is 4.42 Å². The van der Waals surface area contributed by atoms with Gasteiger partial charge in [-0.15, -0.1) is 0 Å². The normalized spacial score (nSPS) is 10.3. The predicted octanol–water partition coefficient (Wildman–Crippen LogP) is 0.207. The van der Waals surface area contributed by atoms with Gasteiger partial charge in [-0.05, 0) is 18.2 Å². The molecule has 0 radical (unpaired) electrons. The van der Waals surface area contributed by atoms with E-state index in [2.05, 4.69) is 0 Å². The smallest absolute Gasteiger partial charge is 0.368 e. The van der Waals surface area contributed by atoms with Crippen molar-refractivity contribution >= 4 is 11.0 Å². The summed E-state index contributed by atoms with van der Waals surface area (Å²) in [6, 6.07) is 10.2. The van der Waals surface area contributed by atoms with Gasteiger partial charge in [-0.25, -0.2) is 4.42 Å². The van der Waals surface area contributed by atoms with Crippen LogP contribution in [0.15, 0.2) is 46.9 Å². The second kappa shape index (κ2) is 5.38. The Hall–Kier alpha value is -2.66. The van der Waals surface area contributed by atoms with Gasteiger partial charge in [0.15, 0.2) is 11.5 Å². The quantitative estimate of drug-likeness (QED) is 0.381. The molecule has 0 unspecified atom stereocenters. The van der Waals surface area contributed by atoms with Gasteiger partial charge in [0.1, 0.15) is 16.9 Å². The molecule has 1 aromatic heterocycles. The van der Waals surface area contributed by atoms with Gasteiger partial charge in [-0.2, -0.15) is 0 Å². The maximum atomic E-state index is 9.70. The van der Waals surface area contributed by atoms with Crippen LogP contribution in [0.25, 0.3) is 22.3 Å². The van der Waals surface area contributed by atoms with Crippen molar-refractivity contribution in [3.05, 3.63) is 42.5 Å². The fourth-order valence-electron chi connectivity index (χ4n) is 1.99. The lowest BCUT2D eigenvalue weighted by Gasteiger charge is -1.99. The SMILES string of the molecule is Oc1cc(O)c2ccc(-[13c]3[13cH][13cH][13c](O)[13c](O)[13cH]3)[o+]c2c1.[Cl-]. The number of fused-ring (bicyclic) bond motifs is 1. The Balaban J connectivity index is 0.00000161. The van der Waals surface area contributed by atoms with E-state index < -0.39 is 0 Å². The molecule has 0 saturated heterocycles. The van der Waals surface area contributed by atoms with Crippen molar-refractivity contribution in [1.29, 1.82) is 0 Å². The monoisotopic (exact) mass is 312 g/mol. The highest BCUT2D eigenvalue weighted by molar-refractivity contribution is 5.86. The van der Waals surface area contributed by atoms with Crippen LogP contribution in [0.3, 0.4) is 0 Å². The number of hydrogen-bond donors (Lipinski definition) is 4. The maximum absolute atomic E-state index is 9.70. The molecule has 0 bridgehead atoms. The van der Waals surface area contributed by atoms with Crippen LogP contribution in [0.5, 0.6) is 23.0 Å². The number of phenolic OH excluding ortho intramolecular Hbond substituents is 4. The second-order valence-electron chi connectivity index (χ2n) is 4.38. The van der Waals surface area contributed by atoms with Crippen LogP contribution < -0.4 is 12.4 Å². The average molecular weight is 313 g/mol. The summed E-state index contributed by atoms with van der Waals surface area (Å²) in [6.45, 7) is 0. The van der Waals surface area contributed by atoms with Crippen LogP contribution >= 0.6 is 0 Å². The van der Waals surface area contributed by atoms with Crippen LogP contribution in [-0.4, -0.2) is 20.4 Å². The van der Waals surface area contributed by atoms with E-state index in [1.165, 1.54) is 24.3 Å². The zero-order chi connectivity index (χ0) is 14.3. The molecule has 3 aromatic rings. The van der Waals surface area contributed by atoms with Crippen molar-refractivity contribution in [1.82, 2.24) is 0 Å². The molecular weight excluding hydrogens is 302 g/mol. The van der Waals surface area contributed by atoms with E-state index in [1.54, 1.807) is 18.2 Å². The number of rotatable bonds is 1. The Bertz CT molecular complexity index is 817. The van der Waals surface area contributed by atoms with Crippen molar-refractivity contribution in [2.24, 2.45) is 0 Å². The summed E-state index contributed by atoms with van der Waals surface area (Å²) in [4.78, 5) is 0. The van der Waals surface area contributed by atoms with Crippen LogP contribution in [0.1, 0.15) is 0 Å². The van der Waals surface area contributed by atoms with E-state index in [9.17, 15) is 20.4 Å². The van der Waals surface area contributed by atoms with Crippen molar-refractivity contribution in [3.8, 4) is 34.3 Å². The molecular formula is C15H11ClO5. The van der Waals surface area contributed by atoms with Crippen molar-refractivity contribution in [3.63, 3.8) is 0 Å². The van der Waals surface area contributed by atoms with Crippen molar-refractivity contribution in [2.45, 2.75) is 0 Å². The number of hydrogen-bond acceptors (Lipinski definition) is 4. The number of benzene rings is 2. The Morgan fingerprint density at radius 2 is 1.48 bits per heavy atom. The van der Waals surface area contributed by atoms with Crippen molar-refractivity contribution in [2.75, 3.05) is 0 Å². The number of aromatic hydroxyl groups is 4. The average Bonchev–Trinajstić information content (AvgIpc) is 2.41. The molecule has 108 valence electrons. The van der Waals surface area contributed by atoms with Gasteiger partial charge < -0.3 is 32.8 Å². The lowest BCUT2D eigenvalue weighted by molar-refractivity contribution is -0.00000839. The van der Waals surface area contributed by atoms with Crippen molar-refractivity contribution < 1.29 is 37.3 Å². The Morgan fingerprint density at radius 1 is 0.714 bits per heavy atom. The molecule has 0 fully saturated rings. The largest absolute Gasteiger partial charge is 1.00 e. The van der Waals surface area contributed by atoms with Gasteiger partial charge in [0.25, 0.3) is 0 Å². The summed E-state index contributed by atoms with van der Waals surface area (Å²) >= 11 is 0. The van der Waals surface area contributed by atoms with E-state index in [0.29, 0.717) is 22.3 Å². The molecule has 0 aliphatic rings. The fraction of sp³-hybridized carbons (Fsp3) is 0. The van der Waals surface area contributed by atoms with Gasteiger partial charge in [0.05, 0.1) is 11.6 Å². The molecule has 0 aliphatic heterocycles. The zero-order valence-electron chi connectivity index (χ0n) is 10.6. The molecule has 1 heterocycles. The molecule has 0 saturated carbocycles. The molecule has 0 aliphatic carbocycles. The van der Waals surface area contributed by atoms with Gasteiger partial charge in [-0.1, -0.05) is 0 Å². The Kier molecular flexibility index (Phi) is 3.78. The Morgan fingerprint density at radius 3 is 2.19 bits per heavy atom. The highest BCUT2D eigenvalue weighted by Gasteiger charge is 2.18. The van der Waals surface area contributed by atoms with E-state index in [0.717, 1.165) is 0 Å². The van der Waals surface area contributed by atoms with Gasteiger partial charge in [0, 0.05) is 18.2 Å². The summed E-state index contributed by atoms with van der Waals surface area (Å²) in [5, 5.41) is 38.4. The minimum Gasteiger partial charge on any atom is -1.00 e. The summed E-state index contributed by atoms with van der Waals surface area (Å²) in [5.74, 6) is -0.229. The van der Waals surface area contributed by atoms with Crippen LogP contribution in [0, 0.1) is 0 Å². The van der Waals surface area contributed by atoms with Crippen LogP contribution in [0.2, 0.25) is 0 Å². The summed E-state index contributed by atoms with van der Waals surface area (Å²) in [5.41, 5.74) is 0.873. The Labute approximate surface area is 125 Å². The third kappa shape index (κ3) is 2.64. The molecule has 5 nitrogen and oxygen atoms in total. The zero-order valence-corrected chi connectivity index (χ0v) is 11.4. The predicted molar refractivity (Wildman–Crippen MR) is 72.7 cm³/mol. The van der Waals surface area contributed by atoms with E-state index in [1.807, 2.05) is 0 Å². The number of phenols is 4. The molecule has 2 aromatic carbocycles. The standard InChI is InChI=1S/C15H10O5.ClH/c16-9-6-12(18)10-2-4-14(20-15(10)7-9)8-1-3-11(17)13(19)5-8;/h1-7H,(H3-,16,17,18,19);1H/i1+1,3+1,5+1,8+1,11+1,13+1;. The van der Waals surface area contributed by atoms with E-state index >= 15 is 0 Å². The maximum Gasteiger partial charge on any atom is 0.368 e. The highest BCUT2D eigenvalue weighted by atomic mass is 35.5. The molecule has 0 atom stereocenters. The molecule has 0 amide bonds. The second-order valence-corrected chi connectivity index (χ2v) is 4.38. The first-order chi connectivity index (χ1) is 9.54. The summed E-state index contributed by atoms with van der Waals surface area (Å²) in [6.07, 6.45) is 0. The molecule has 4 N–H and O–H groups in total. The van der Waals surface area contributed by atoms with Crippen LogP contribution in [-0.2, 0) is 0 Å². The molecule has 21 heavy (non-hydrogen) atoms. The first-order valence-corrected chi connectivity index (χ1v) is 5.86. The summed E-state index contributed by atoms with van der Waals surface area (Å²) < 4.78 is 5.59. The fourth-order valence-corrected chi connectivity index (χ4v) is 1.99. The first-order valence-electron chi connectivity index (χ1n) is 5.86.